The molecule has 0 radical (unpaired) electrons. The highest BCUT2D eigenvalue weighted by Crippen LogP contribution is 2.21. The Morgan fingerprint density at radius 3 is 2.57 bits per heavy atom. The van der Waals surface area contributed by atoms with Gasteiger partial charge in [0.15, 0.2) is 0 Å². The Morgan fingerprint density at radius 1 is 1.33 bits per heavy atom. The first-order valence-corrected chi connectivity index (χ1v) is 9.19. The third-order valence-electron chi connectivity index (χ3n) is 3.02. The monoisotopic (exact) mass is 384 g/mol. The SMILES string of the molecule is CCN(CCCNCc1c(F)ccc(Br)c1F)S(C)(=O)=O. The standard InChI is InChI=1S/C13H19BrF2N2O2S/c1-3-18(21(2,19)20)8-4-7-17-9-10-12(15)6-5-11(14)13(10)16/h5-6,17H,3-4,7-9H2,1-2H3. The molecule has 4 nitrogen and oxygen atoms in total. The van der Waals surface area contributed by atoms with Crippen molar-refractivity contribution in [1.82, 2.24) is 9.62 Å². The van der Waals surface area contributed by atoms with E-state index in [0.29, 0.717) is 26.1 Å². The number of halogens is 3. The third-order valence-corrected chi connectivity index (χ3v) is 5.01. The molecule has 1 rings (SSSR count). The topological polar surface area (TPSA) is 49.4 Å². The lowest BCUT2D eigenvalue weighted by atomic mass is 10.2. The molecule has 0 spiro atoms. The Balaban J connectivity index is 2.44. The molecular formula is C13H19BrF2N2O2S. The molecule has 1 N–H and O–H groups in total. The average molecular weight is 385 g/mol. The summed E-state index contributed by atoms with van der Waals surface area (Å²) in [5.74, 6) is -1.22. The van der Waals surface area contributed by atoms with E-state index in [0.717, 1.165) is 6.26 Å². The van der Waals surface area contributed by atoms with Gasteiger partial charge < -0.3 is 5.32 Å². The van der Waals surface area contributed by atoms with Crippen LogP contribution in [0.5, 0.6) is 0 Å². The fourth-order valence-corrected chi connectivity index (χ4v) is 3.18. The maximum absolute atomic E-state index is 13.7. The van der Waals surface area contributed by atoms with Crippen molar-refractivity contribution in [1.29, 1.82) is 0 Å². The largest absolute Gasteiger partial charge is 0.312 e. The molecule has 0 saturated carbocycles. The molecule has 0 aliphatic carbocycles. The minimum absolute atomic E-state index is 0.0279. The van der Waals surface area contributed by atoms with Gasteiger partial charge in [0.05, 0.1) is 10.7 Å². The molecule has 0 aliphatic heterocycles. The first-order valence-electron chi connectivity index (χ1n) is 6.55. The van der Waals surface area contributed by atoms with E-state index in [-0.39, 0.29) is 16.6 Å². The first kappa shape index (κ1) is 18.5. The van der Waals surface area contributed by atoms with E-state index in [9.17, 15) is 17.2 Å². The minimum atomic E-state index is -3.19. The van der Waals surface area contributed by atoms with Crippen LogP contribution < -0.4 is 5.32 Å². The van der Waals surface area contributed by atoms with Crippen LogP contribution in [0.25, 0.3) is 0 Å². The maximum atomic E-state index is 13.7. The van der Waals surface area contributed by atoms with Gasteiger partial charge in [-0.15, -0.1) is 0 Å². The van der Waals surface area contributed by atoms with Gasteiger partial charge in [0.2, 0.25) is 10.0 Å². The molecule has 0 bridgehead atoms. The summed E-state index contributed by atoms with van der Waals surface area (Å²) in [6.07, 6.45) is 1.73. The van der Waals surface area contributed by atoms with Gasteiger partial charge in [-0.25, -0.2) is 21.5 Å². The van der Waals surface area contributed by atoms with Crippen LogP contribution in [-0.4, -0.2) is 38.6 Å². The molecule has 1 aromatic carbocycles. The maximum Gasteiger partial charge on any atom is 0.211 e. The normalized spacial score (nSPS) is 12.1. The summed E-state index contributed by atoms with van der Waals surface area (Å²) in [7, 11) is -3.19. The zero-order chi connectivity index (χ0) is 16.0. The lowest BCUT2D eigenvalue weighted by molar-refractivity contribution is 0.418. The van der Waals surface area contributed by atoms with E-state index in [1.165, 1.54) is 16.4 Å². The second-order valence-corrected chi connectivity index (χ2v) is 7.44. The third kappa shape index (κ3) is 5.61. The van der Waals surface area contributed by atoms with E-state index < -0.39 is 21.7 Å². The molecule has 0 fully saturated rings. The minimum Gasteiger partial charge on any atom is -0.312 e. The highest BCUT2D eigenvalue weighted by atomic mass is 79.9. The molecule has 0 atom stereocenters. The second kappa shape index (κ2) is 8.17. The van der Waals surface area contributed by atoms with E-state index in [4.69, 9.17) is 0 Å². The Morgan fingerprint density at radius 2 is 2.00 bits per heavy atom. The highest BCUT2D eigenvalue weighted by molar-refractivity contribution is 9.10. The first-order chi connectivity index (χ1) is 9.77. The van der Waals surface area contributed by atoms with Crippen molar-refractivity contribution in [2.45, 2.75) is 19.9 Å². The van der Waals surface area contributed by atoms with E-state index >= 15 is 0 Å². The number of hydrogen-bond donors (Lipinski definition) is 1. The van der Waals surface area contributed by atoms with Crippen LogP contribution in [0.15, 0.2) is 16.6 Å². The Kier molecular flexibility index (Phi) is 7.19. The van der Waals surface area contributed by atoms with Crippen molar-refractivity contribution >= 4 is 26.0 Å². The molecule has 0 unspecified atom stereocenters. The van der Waals surface area contributed by atoms with Gasteiger partial charge in [0, 0.05) is 25.2 Å². The van der Waals surface area contributed by atoms with E-state index in [2.05, 4.69) is 21.2 Å². The Labute approximate surface area is 132 Å². The van der Waals surface area contributed by atoms with Crippen LogP contribution in [0.1, 0.15) is 18.9 Å². The zero-order valence-corrected chi connectivity index (χ0v) is 14.4. The number of sulfonamides is 1. The summed E-state index contributed by atoms with van der Waals surface area (Å²) in [5, 5.41) is 2.92. The summed E-state index contributed by atoms with van der Waals surface area (Å²) in [5.41, 5.74) is -0.0279. The van der Waals surface area contributed by atoms with Crippen LogP contribution in [0.3, 0.4) is 0 Å². The van der Waals surface area contributed by atoms with Crippen molar-refractivity contribution in [2.75, 3.05) is 25.9 Å². The molecule has 0 amide bonds. The summed E-state index contributed by atoms with van der Waals surface area (Å²) >= 11 is 3.01. The number of nitrogens with one attached hydrogen (secondary N) is 1. The zero-order valence-electron chi connectivity index (χ0n) is 12.0. The Bertz CT molecular complexity index is 582. The van der Waals surface area contributed by atoms with Crippen molar-refractivity contribution in [3.8, 4) is 0 Å². The number of benzene rings is 1. The molecular weight excluding hydrogens is 366 g/mol. The second-order valence-electron chi connectivity index (χ2n) is 4.61. The van der Waals surface area contributed by atoms with Crippen molar-refractivity contribution in [3.63, 3.8) is 0 Å². The van der Waals surface area contributed by atoms with Crippen LogP contribution in [0, 0.1) is 11.6 Å². The van der Waals surface area contributed by atoms with Crippen molar-refractivity contribution < 1.29 is 17.2 Å². The van der Waals surface area contributed by atoms with Gasteiger partial charge in [-0.05, 0) is 41.0 Å². The smallest absolute Gasteiger partial charge is 0.211 e. The predicted octanol–water partition coefficient (Wildman–Crippen LogP) is 2.49. The number of hydrogen-bond acceptors (Lipinski definition) is 3. The van der Waals surface area contributed by atoms with E-state index in [1.54, 1.807) is 6.92 Å². The van der Waals surface area contributed by atoms with Gasteiger partial charge in [-0.2, -0.15) is 0 Å². The van der Waals surface area contributed by atoms with Crippen molar-refractivity contribution in [3.05, 3.63) is 33.8 Å². The fraction of sp³-hybridized carbons (Fsp3) is 0.538. The summed E-state index contributed by atoms with van der Waals surface area (Å²) in [4.78, 5) is 0. The highest BCUT2D eigenvalue weighted by Gasteiger charge is 2.14. The van der Waals surface area contributed by atoms with Gasteiger partial charge in [-0.3, -0.25) is 0 Å². The van der Waals surface area contributed by atoms with Crippen LogP contribution in [0.2, 0.25) is 0 Å². The van der Waals surface area contributed by atoms with E-state index in [1.807, 2.05) is 0 Å². The van der Waals surface area contributed by atoms with Gasteiger partial charge in [0.25, 0.3) is 0 Å². The van der Waals surface area contributed by atoms with Crippen LogP contribution in [0.4, 0.5) is 8.78 Å². The molecule has 8 heteroatoms. The molecule has 120 valence electrons. The molecule has 0 aromatic heterocycles. The summed E-state index contributed by atoms with van der Waals surface area (Å²) in [6.45, 7) is 3.08. The lowest BCUT2D eigenvalue weighted by Gasteiger charge is -2.17. The van der Waals surface area contributed by atoms with Crippen molar-refractivity contribution in [2.24, 2.45) is 0 Å². The molecule has 0 saturated heterocycles. The number of nitrogens with zero attached hydrogens (tertiary/aromatic N) is 1. The number of rotatable bonds is 8. The quantitative estimate of drug-likeness (QED) is 0.553. The summed E-state index contributed by atoms with van der Waals surface area (Å²) < 4.78 is 51.5. The Hall–Kier alpha value is -0.570. The fourth-order valence-electron chi connectivity index (χ4n) is 1.88. The van der Waals surface area contributed by atoms with Gasteiger partial charge >= 0.3 is 0 Å². The molecule has 0 aliphatic rings. The molecule has 21 heavy (non-hydrogen) atoms. The van der Waals surface area contributed by atoms with Crippen LogP contribution >= 0.6 is 15.9 Å². The average Bonchev–Trinajstić information content (AvgIpc) is 2.40. The predicted molar refractivity (Wildman–Crippen MR) is 82.5 cm³/mol. The summed E-state index contributed by atoms with van der Waals surface area (Å²) in [6, 6.07) is 2.52. The van der Waals surface area contributed by atoms with Crippen LogP contribution in [-0.2, 0) is 16.6 Å². The van der Waals surface area contributed by atoms with Gasteiger partial charge in [0.1, 0.15) is 11.6 Å². The molecule has 0 heterocycles. The lowest BCUT2D eigenvalue weighted by Crippen LogP contribution is -2.32. The molecule has 1 aromatic rings. The van der Waals surface area contributed by atoms with Gasteiger partial charge in [-0.1, -0.05) is 6.92 Å².